The standard InChI is InChI=1S/C10H15NO2/c1-3-13-10-6-8(7-11)4-5-9(10)12-2/h4-6H,3,7,11H2,1-2H3/p+1. The van der Waals surface area contributed by atoms with Gasteiger partial charge in [-0.2, -0.15) is 0 Å². The second-order valence-electron chi connectivity index (χ2n) is 2.67. The average Bonchev–Trinajstić information content (AvgIpc) is 2.18. The van der Waals surface area contributed by atoms with E-state index >= 15 is 0 Å². The van der Waals surface area contributed by atoms with E-state index in [2.05, 4.69) is 5.73 Å². The molecule has 0 spiro atoms. The molecular formula is C10H16NO2+. The molecule has 0 saturated heterocycles. The van der Waals surface area contributed by atoms with Crippen LogP contribution < -0.4 is 15.2 Å². The highest BCUT2D eigenvalue weighted by Crippen LogP contribution is 2.27. The first kappa shape index (κ1) is 9.86. The predicted octanol–water partition coefficient (Wildman–Crippen LogP) is 0.836. The van der Waals surface area contributed by atoms with Crippen LogP contribution in [0, 0.1) is 0 Å². The van der Waals surface area contributed by atoms with Gasteiger partial charge in [0.05, 0.1) is 20.3 Å². The lowest BCUT2D eigenvalue weighted by molar-refractivity contribution is -0.386. The Morgan fingerprint density at radius 1 is 1.31 bits per heavy atom. The van der Waals surface area contributed by atoms with E-state index in [4.69, 9.17) is 9.47 Å². The molecule has 0 unspecified atom stereocenters. The minimum Gasteiger partial charge on any atom is -0.493 e. The number of quaternary nitrogens is 1. The van der Waals surface area contributed by atoms with E-state index in [9.17, 15) is 0 Å². The third-order valence-corrected chi connectivity index (χ3v) is 1.82. The lowest BCUT2D eigenvalue weighted by atomic mass is 10.2. The maximum Gasteiger partial charge on any atom is 0.161 e. The first-order chi connectivity index (χ1) is 6.31. The van der Waals surface area contributed by atoms with Crippen LogP contribution in [0.5, 0.6) is 11.5 Å². The first-order valence-electron chi connectivity index (χ1n) is 4.40. The van der Waals surface area contributed by atoms with Crippen LogP contribution in [-0.2, 0) is 6.54 Å². The Hall–Kier alpha value is -1.22. The van der Waals surface area contributed by atoms with E-state index in [-0.39, 0.29) is 0 Å². The first-order valence-corrected chi connectivity index (χ1v) is 4.40. The Morgan fingerprint density at radius 3 is 2.62 bits per heavy atom. The molecule has 0 radical (unpaired) electrons. The van der Waals surface area contributed by atoms with Gasteiger partial charge in [0.25, 0.3) is 0 Å². The van der Waals surface area contributed by atoms with Crippen molar-refractivity contribution in [3.63, 3.8) is 0 Å². The van der Waals surface area contributed by atoms with Gasteiger partial charge in [0.15, 0.2) is 11.5 Å². The van der Waals surface area contributed by atoms with Crippen molar-refractivity contribution in [1.82, 2.24) is 0 Å². The lowest BCUT2D eigenvalue weighted by Crippen LogP contribution is -2.47. The SMILES string of the molecule is CCOc1cc(C[NH3+])ccc1OC. The monoisotopic (exact) mass is 182 g/mol. The van der Waals surface area contributed by atoms with Crippen molar-refractivity contribution < 1.29 is 15.2 Å². The van der Waals surface area contributed by atoms with Gasteiger partial charge in [-0.15, -0.1) is 0 Å². The van der Waals surface area contributed by atoms with Gasteiger partial charge < -0.3 is 15.2 Å². The topological polar surface area (TPSA) is 46.1 Å². The average molecular weight is 182 g/mol. The van der Waals surface area contributed by atoms with Gasteiger partial charge in [-0.25, -0.2) is 0 Å². The van der Waals surface area contributed by atoms with Crippen LogP contribution in [0.1, 0.15) is 12.5 Å². The Bertz CT molecular complexity index is 274. The van der Waals surface area contributed by atoms with Crippen LogP contribution in [-0.4, -0.2) is 13.7 Å². The molecule has 0 aliphatic rings. The summed E-state index contributed by atoms with van der Waals surface area (Å²) in [5.41, 5.74) is 4.97. The van der Waals surface area contributed by atoms with E-state index in [0.29, 0.717) is 6.61 Å². The van der Waals surface area contributed by atoms with Gasteiger partial charge in [0, 0.05) is 5.56 Å². The summed E-state index contributed by atoms with van der Waals surface area (Å²) in [6.07, 6.45) is 0. The summed E-state index contributed by atoms with van der Waals surface area (Å²) in [5.74, 6) is 1.57. The van der Waals surface area contributed by atoms with Crippen molar-refractivity contribution in [3.05, 3.63) is 23.8 Å². The molecule has 0 fully saturated rings. The smallest absolute Gasteiger partial charge is 0.161 e. The number of ether oxygens (including phenoxy) is 2. The zero-order valence-electron chi connectivity index (χ0n) is 8.17. The molecule has 3 nitrogen and oxygen atoms in total. The molecule has 1 aromatic carbocycles. The molecule has 0 saturated carbocycles. The van der Waals surface area contributed by atoms with Crippen LogP contribution in [0.3, 0.4) is 0 Å². The fraction of sp³-hybridized carbons (Fsp3) is 0.400. The molecule has 13 heavy (non-hydrogen) atoms. The maximum atomic E-state index is 5.42. The number of rotatable bonds is 4. The molecule has 0 aliphatic heterocycles. The Balaban J connectivity index is 2.95. The molecule has 1 rings (SSSR count). The normalized spacial score (nSPS) is 9.77. The molecule has 0 aromatic heterocycles. The summed E-state index contributed by atoms with van der Waals surface area (Å²) in [6.45, 7) is 3.37. The Labute approximate surface area is 78.5 Å². The molecule has 0 aliphatic carbocycles. The predicted molar refractivity (Wildman–Crippen MR) is 50.8 cm³/mol. The number of benzene rings is 1. The molecule has 0 amide bonds. The molecule has 0 heterocycles. The fourth-order valence-electron chi connectivity index (χ4n) is 1.14. The summed E-state index contributed by atoms with van der Waals surface area (Å²) >= 11 is 0. The van der Waals surface area contributed by atoms with Crippen LogP contribution in [0.4, 0.5) is 0 Å². The molecule has 72 valence electrons. The Morgan fingerprint density at radius 2 is 2.08 bits per heavy atom. The van der Waals surface area contributed by atoms with Gasteiger partial charge in [0.1, 0.15) is 0 Å². The van der Waals surface area contributed by atoms with Crippen LogP contribution in [0.25, 0.3) is 0 Å². The van der Waals surface area contributed by atoms with Crippen LogP contribution in [0.2, 0.25) is 0 Å². The maximum absolute atomic E-state index is 5.42. The highest BCUT2D eigenvalue weighted by Gasteiger charge is 2.04. The largest absolute Gasteiger partial charge is 0.493 e. The highest BCUT2D eigenvalue weighted by molar-refractivity contribution is 5.42. The summed E-state index contributed by atoms with van der Waals surface area (Å²) in [5, 5.41) is 0. The minimum absolute atomic E-state index is 0.650. The van der Waals surface area contributed by atoms with Crippen molar-refractivity contribution >= 4 is 0 Å². The Kier molecular flexibility index (Phi) is 3.58. The summed E-state index contributed by atoms with van der Waals surface area (Å²) < 4.78 is 10.6. The summed E-state index contributed by atoms with van der Waals surface area (Å²) in [7, 11) is 1.64. The van der Waals surface area contributed by atoms with Crippen molar-refractivity contribution in [2.45, 2.75) is 13.5 Å². The molecule has 3 heteroatoms. The van der Waals surface area contributed by atoms with E-state index in [1.165, 1.54) is 0 Å². The zero-order chi connectivity index (χ0) is 9.68. The van der Waals surface area contributed by atoms with Crippen molar-refractivity contribution in [3.8, 4) is 11.5 Å². The molecule has 3 N–H and O–H groups in total. The third-order valence-electron chi connectivity index (χ3n) is 1.82. The van der Waals surface area contributed by atoms with Crippen molar-refractivity contribution in [1.29, 1.82) is 0 Å². The van der Waals surface area contributed by atoms with Crippen molar-refractivity contribution in [2.75, 3.05) is 13.7 Å². The molecule has 0 bridgehead atoms. The number of hydrogen-bond acceptors (Lipinski definition) is 2. The molecule has 1 aromatic rings. The van der Waals surface area contributed by atoms with Crippen molar-refractivity contribution in [2.24, 2.45) is 0 Å². The van der Waals surface area contributed by atoms with Gasteiger partial charge in [-0.1, -0.05) is 0 Å². The van der Waals surface area contributed by atoms with Gasteiger partial charge >= 0.3 is 0 Å². The van der Waals surface area contributed by atoms with Crippen LogP contribution >= 0.6 is 0 Å². The molecular weight excluding hydrogens is 166 g/mol. The summed E-state index contributed by atoms with van der Waals surface area (Å²) in [6, 6.07) is 5.87. The summed E-state index contributed by atoms with van der Waals surface area (Å²) in [4.78, 5) is 0. The van der Waals surface area contributed by atoms with E-state index in [1.807, 2.05) is 25.1 Å². The van der Waals surface area contributed by atoms with Gasteiger partial charge in [-0.3, -0.25) is 0 Å². The van der Waals surface area contributed by atoms with E-state index in [0.717, 1.165) is 23.6 Å². The minimum atomic E-state index is 0.650. The van der Waals surface area contributed by atoms with Gasteiger partial charge in [0.2, 0.25) is 0 Å². The second-order valence-corrected chi connectivity index (χ2v) is 2.67. The molecule has 0 atom stereocenters. The second kappa shape index (κ2) is 4.72. The van der Waals surface area contributed by atoms with E-state index < -0.39 is 0 Å². The zero-order valence-corrected chi connectivity index (χ0v) is 8.17. The highest BCUT2D eigenvalue weighted by atomic mass is 16.5. The quantitative estimate of drug-likeness (QED) is 0.750. The number of methoxy groups -OCH3 is 1. The van der Waals surface area contributed by atoms with E-state index in [1.54, 1.807) is 7.11 Å². The van der Waals surface area contributed by atoms with Crippen LogP contribution in [0.15, 0.2) is 18.2 Å². The number of hydrogen-bond donors (Lipinski definition) is 1. The third kappa shape index (κ3) is 2.36. The fourth-order valence-corrected chi connectivity index (χ4v) is 1.14. The van der Waals surface area contributed by atoms with Gasteiger partial charge in [-0.05, 0) is 25.1 Å². The lowest BCUT2D eigenvalue weighted by Gasteiger charge is -2.09.